The summed E-state index contributed by atoms with van der Waals surface area (Å²) in [5.74, 6) is 0. The monoisotopic (exact) mass is 116 g/mol. The predicted octanol–water partition coefficient (Wildman–Crippen LogP) is -2.39. The predicted molar refractivity (Wildman–Crippen MR) is 32.2 cm³/mol. The molecule has 1 heterocycles. The highest BCUT2D eigenvalue weighted by molar-refractivity contribution is 4.71. The molecule has 1 fully saturated rings. The Kier molecular flexibility index (Phi) is 1.83. The van der Waals surface area contributed by atoms with Crippen molar-refractivity contribution in [2.75, 3.05) is 13.1 Å². The van der Waals surface area contributed by atoms with E-state index in [0.29, 0.717) is 12.1 Å². The van der Waals surface area contributed by atoms with Gasteiger partial charge in [-0.3, -0.25) is 0 Å². The van der Waals surface area contributed by atoms with E-state index in [9.17, 15) is 0 Å². The summed E-state index contributed by atoms with van der Waals surface area (Å²) in [6, 6.07) is 0.664. The number of piperidine rings is 1. The van der Waals surface area contributed by atoms with E-state index in [1.165, 1.54) is 0 Å². The summed E-state index contributed by atoms with van der Waals surface area (Å²) in [4.78, 5) is 0. The molecule has 0 radical (unpaired) electrons. The molecule has 1 rings (SSSR count). The fourth-order valence-electron chi connectivity index (χ4n) is 1.11. The Morgan fingerprint density at radius 1 is 1.12 bits per heavy atom. The number of nitrogens with two attached hydrogens (primary N) is 3. The number of rotatable bonds is 0. The van der Waals surface area contributed by atoms with Crippen molar-refractivity contribution in [3.05, 3.63) is 0 Å². The van der Waals surface area contributed by atoms with Crippen molar-refractivity contribution in [3.63, 3.8) is 0 Å². The maximum absolute atomic E-state index is 5.61. The lowest BCUT2D eigenvalue weighted by molar-refractivity contribution is -0.665. The van der Waals surface area contributed by atoms with Crippen molar-refractivity contribution < 1.29 is 5.32 Å². The molecule has 0 aromatic carbocycles. The molecule has 0 spiro atoms. The van der Waals surface area contributed by atoms with Crippen LogP contribution in [-0.2, 0) is 0 Å². The Hall–Kier alpha value is -0.120. The van der Waals surface area contributed by atoms with Gasteiger partial charge in [0.15, 0.2) is 0 Å². The van der Waals surface area contributed by atoms with Crippen molar-refractivity contribution in [2.24, 2.45) is 11.5 Å². The van der Waals surface area contributed by atoms with Crippen LogP contribution in [0.25, 0.3) is 0 Å². The lowest BCUT2D eigenvalue weighted by atomic mass is 10.1. The van der Waals surface area contributed by atoms with Crippen LogP contribution in [0.5, 0.6) is 0 Å². The van der Waals surface area contributed by atoms with Crippen molar-refractivity contribution in [3.8, 4) is 0 Å². The number of quaternary nitrogens is 1. The Bertz CT molecular complexity index is 66.1. The van der Waals surface area contributed by atoms with E-state index in [4.69, 9.17) is 11.5 Å². The van der Waals surface area contributed by atoms with Crippen LogP contribution in [0.3, 0.4) is 0 Å². The number of hydrogen-bond donors (Lipinski definition) is 3. The fraction of sp³-hybridized carbons (Fsp3) is 1.00. The average Bonchev–Trinajstić information content (AvgIpc) is 1.64. The molecule has 0 saturated carbocycles. The van der Waals surface area contributed by atoms with Crippen LogP contribution in [0.4, 0.5) is 0 Å². The van der Waals surface area contributed by atoms with E-state index < -0.39 is 0 Å². The molecular weight excluding hydrogens is 102 g/mol. The smallest absolute Gasteiger partial charge is 0.0910 e. The van der Waals surface area contributed by atoms with Gasteiger partial charge < -0.3 is 16.8 Å². The van der Waals surface area contributed by atoms with Gasteiger partial charge in [0.05, 0.1) is 25.2 Å². The third kappa shape index (κ3) is 1.43. The van der Waals surface area contributed by atoms with Gasteiger partial charge in [-0.1, -0.05) is 0 Å². The van der Waals surface area contributed by atoms with E-state index in [-0.39, 0.29) is 0 Å². The molecule has 8 heavy (non-hydrogen) atoms. The molecule has 2 unspecified atom stereocenters. The van der Waals surface area contributed by atoms with Crippen molar-refractivity contribution in [1.29, 1.82) is 0 Å². The Balaban J connectivity index is 2.23. The van der Waals surface area contributed by atoms with Crippen LogP contribution in [-0.4, -0.2) is 25.2 Å². The molecule has 6 N–H and O–H groups in total. The van der Waals surface area contributed by atoms with Crippen LogP contribution in [0.2, 0.25) is 0 Å². The topological polar surface area (TPSA) is 68.6 Å². The average molecular weight is 116 g/mol. The minimum absolute atomic E-state index is 0.332. The summed E-state index contributed by atoms with van der Waals surface area (Å²) in [7, 11) is 0. The zero-order chi connectivity index (χ0) is 5.98. The summed E-state index contributed by atoms with van der Waals surface area (Å²) in [5.41, 5.74) is 11.2. The first-order chi connectivity index (χ1) is 3.79. The molecule has 1 saturated heterocycles. The molecule has 3 heteroatoms. The van der Waals surface area contributed by atoms with Gasteiger partial charge in [-0.15, -0.1) is 0 Å². The summed E-state index contributed by atoms with van der Waals surface area (Å²) in [6.45, 7) is 2.10. The Morgan fingerprint density at radius 3 is 1.88 bits per heavy atom. The van der Waals surface area contributed by atoms with Gasteiger partial charge in [-0.2, -0.15) is 0 Å². The van der Waals surface area contributed by atoms with Crippen LogP contribution in [0, 0.1) is 0 Å². The van der Waals surface area contributed by atoms with Crippen molar-refractivity contribution >= 4 is 0 Å². The van der Waals surface area contributed by atoms with Crippen molar-refractivity contribution in [2.45, 2.75) is 18.5 Å². The maximum atomic E-state index is 5.61. The van der Waals surface area contributed by atoms with E-state index in [2.05, 4.69) is 5.32 Å². The fourth-order valence-corrected chi connectivity index (χ4v) is 1.11. The second kappa shape index (κ2) is 2.44. The van der Waals surface area contributed by atoms with Gasteiger partial charge in [0.1, 0.15) is 0 Å². The first kappa shape index (κ1) is 6.01. The molecule has 0 bridgehead atoms. The third-order valence-electron chi connectivity index (χ3n) is 1.54. The molecule has 3 nitrogen and oxygen atoms in total. The molecule has 0 aliphatic carbocycles. The molecular formula is C5H14N3+. The Labute approximate surface area is 49.4 Å². The lowest BCUT2D eigenvalue weighted by Crippen LogP contribution is -2.92. The van der Waals surface area contributed by atoms with Crippen LogP contribution in [0.15, 0.2) is 0 Å². The standard InChI is InChI=1S/C5H13N3/c6-4-1-5(7)3-8-2-4/h4-5,8H,1-3,6-7H2/p+1. The maximum Gasteiger partial charge on any atom is 0.0910 e. The quantitative estimate of drug-likeness (QED) is 0.330. The SMILES string of the molecule is NC1C[NH2+]CC(N)C1. The molecule has 0 amide bonds. The van der Waals surface area contributed by atoms with E-state index in [1.807, 2.05) is 0 Å². The first-order valence-corrected chi connectivity index (χ1v) is 3.12. The highest BCUT2D eigenvalue weighted by atomic mass is 15.0. The normalized spacial score (nSPS) is 39.8. The van der Waals surface area contributed by atoms with Gasteiger partial charge in [0.2, 0.25) is 0 Å². The molecule has 0 aromatic heterocycles. The lowest BCUT2D eigenvalue weighted by Gasteiger charge is -2.20. The summed E-state index contributed by atoms with van der Waals surface area (Å²) in [5, 5.41) is 2.18. The zero-order valence-electron chi connectivity index (χ0n) is 5.01. The zero-order valence-corrected chi connectivity index (χ0v) is 5.01. The van der Waals surface area contributed by atoms with Gasteiger partial charge in [-0.25, -0.2) is 0 Å². The minimum Gasteiger partial charge on any atom is -0.344 e. The molecule has 2 atom stereocenters. The van der Waals surface area contributed by atoms with Crippen molar-refractivity contribution in [1.82, 2.24) is 0 Å². The van der Waals surface area contributed by atoms with E-state index >= 15 is 0 Å². The van der Waals surface area contributed by atoms with Gasteiger partial charge in [0.25, 0.3) is 0 Å². The second-order valence-electron chi connectivity index (χ2n) is 2.52. The first-order valence-electron chi connectivity index (χ1n) is 3.12. The highest BCUT2D eigenvalue weighted by Gasteiger charge is 2.17. The van der Waals surface area contributed by atoms with Gasteiger partial charge in [0, 0.05) is 0 Å². The van der Waals surface area contributed by atoms with Crippen LogP contribution < -0.4 is 16.8 Å². The summed E-state index contributed by atoms with van der Waals surface area (Å²) < 4.78 is 0. The second-order valence-corrected chi connectivity index (χ2v) is 2.52. The molecule has 48 valence electrons. The van der Waals surface area contributed by atoms with E-state index in [1.54, 1.807) is 0 Å². The minimum atomic E-state index is 0.332. The van der Waals surface area contributed by atoms with Crippen LogP contribution >= 0.6 is 0 Å². The summed E-state index contributed by atoms with van der Waals surface area (Å²) >= 11 is 0. The van der Waals surface area contributed by atoms with Gasteiger partial charge in [-0.05, 0) is 6.42 Å². The highest BCUT2D eigenvalue weighted by Crippen LogP contribution is 1.91. The number of hydrogen-bond acceptors (Lipinski definition) is 2. The Morgan fingerprint density at radius 2 is 1.62 bits per heavy atom. The largest absolute Gasteiger partial charge is 0.344 e. The third-order valence-corrected chi connectivity index (χ3v) is 1.54. The summed E-state index contributed by atoms with van der Waals surface area (Å²) in [6.07, 6.45) is 0.997. The molecule has 0 aromatic rings. The molecule has 1 aliphatic heterocycles. The van der Waals surface area contributed by atoms with Crippen LogP contribution in [0.1, 0.15) is 6.42 Å². The van der Waals surface area contributed by atoms with Gasteiger partial charge >= 0.3 is 0 Å². The van der Waals surface area contributed by atoms with E-state index in [0.717, 1.165) is 19.5 Å². The molecule has 1 aliphatic rings.